The number of benzene rings is 2. The molecule has 3 aromatic heterocycles. The fourth-order valence-electron chi connectivity index (χ4n) is 4.98. The van der Waals surface area contributed by atoms with Crippen molar-refractivity contribution in [2.45, 2.75) is 19.9 Å². The molecular formula is C30H32N6O2. The fraction of sp³-hybridized carbons (Fsp3) is 0.300. The first-order valence-electron chi connectivity index (χ1n) is 13.1. The lowest BCUT2D eigenvalue weighted by molar-refractivity contribution is 0.277. The molecule has 0 atom stereocenters. The van der Waals surface area contributed by atoms with Gasteiger partial charge < -0.3 is 19.3 Å². The van der Waals surface area contributed by atoms with Gasteiger partial charge in [0, 0.05) is 67.9 Å². The van der Waals surface area contributed by atoms with E-state index in [4.69, 9.17) is 9.52 Å². The largest absolute Gasteiger partial charge is 0.438 e. The van der Waals surface area contributed by atoms with E-state index in [1.54, 1.807) is 6.33 Å². The van der Waals surface area contributed by atoms with Crippen LogP contribution < -0.4 is 4.90 Å². The van der Waals surface area contributed by atoms with Crippen molar-refractivity contribution in [1.82, 2.24) is 24.6 Å². The summed E-state index contributed by atoms with van der Waals surface area (Å²) in [6.45, 7) is 7.04. The van der Waals surface area contributed by atoms with Gasteiger partial charge in [0.05, 0.1) is 11.1 Å². The van der Waals surface area contributed by atoms with Crippen LogP contribution in [0.3, 0.4) is 0 Å². The molecule has 1 N–H and O–H groups in total. The van der Waals surface area contributed by atoms with Gasteiger partial charge in [-0.1, -0.05) is 29.8 Å². The van der Waals surface area contributed by atoms with Crippen molar-refractivity contribution in [1.29, 1.82) is 0 Å². The molecule has 194 valence electrons. The lowest BCUT2D eigenvalue weighted by Gasteiger charge is -2.34. The molecule has 0 saturated carbocycles. The van der Waals surface area contributed by atoms with Crippen molar-refractivity contribution >= 4 is 16.8 Å². The number of hydrogen-bond donors (Lipinski definition) is 1. The number of aryl methyl sites for hydroxylation is 2. The van der Waals surface area contributed by atoms with Crippen LogP contribution in [0.25, 0.3) is 44.9 Å². The first-order chi connectivity index (χ1) is 18.6. The van der Waals surface area contributed by atoms with Crippen LogP contribution in [0.15, 0.2) is 71.5 Å². The zero-order valence-electron chi connectivity index (χ0n) is 21.8. The summed E-state index contributed by atoms with van der Waals surface area (Å²) in [4.78, 5) is 13.9. The maximum Gasteiger partial charge on any atom is 0.230 e. The van der Waals surface area contributed by atoms with E-state index in [-0.39, 0.29) is 6.61 Å². The Labute approximate surface area is 222 Å². The van der Waals surface area contributed by atoms with Crippen LogP contribution >= 0.6 is 0 Å². The van der Waals surface area contributed by atoms with E-state index >= 15 is 0 Å². The zero-order valence-corrected chi connectivity index (χ0v) is 21.8. The van der Waals surface area contributed by atoms with E-state index in [2.05, 4.69) is 82.3 Å². The van der Waals surface area contributed by atoms with Crippen LogP contribution in [0.1, 0.15) is 12.0 Å². The maximum absolute atomic E-state index is 9.34. The van der Waals surface area contributed by atoms with Gasteiger partial charge in [0.2, 0.25) is 5.71 Å². The number of furan rings is 1. The molecule has 2 aromatic carbocycles. The highest BCUT2D eigenvalue weighted by molar-refractivity contribution is 5.96. The molecule has 0 bridgehead atoms. The SMILES string of the molecule is Cc1ccc(-c2nn(CCCO)cc2-c2ncnc3oc(-c4ccc(N5CCN(C)CC5)cc4)cc23)cc1. The summed E-state index contributed by atoms with van der Waals surface area (Å²) >= 11 is 0. The van der Waals surface area contributed by atoms with Gasteiger partial charge >= 0.3 is 0 Å². The molecule has 1 saturated heterocycles. The number of nitrogens with zero attached hydrogens (tertiary/aromatic N) is 6. The number of aromatic nitrogens is 4. The Morgan fingerprint density at radius 1 is 0.895 bits per heavy atom. The Morgan fingerprint density at radius 2 is 1.63 bits per heavy atom. The Bertz CT molecular complexity index is 1530. The lowest BCUT2D eigenvalue weighted by atomic mass is 10.0. The third-order valence-electron chi connectivity index (χ3n) is 7.24. The fourth-order valence-corrected chi connectivity index (χ4v) is 4.98. The molecule has 5 aromatic rings. The standard InChI is InChI=1S/C30H32N6O2/c1-21-4-6-23(7-5-21)28-26(19-36(33-28)12-3-17-37)29-25-18-27(38-30(25)32-20-31-29)22-8-10-24(11-9-22)35-15-13-34(2)14-16-35/h4-11,18-20,37H,3,12-17H2,1-2H3. The monoisotopic (exact) mass is 508 g/mol. The van der Waals surface area contributed by atoms with Crippen molar-refractivity contribution < 1.29 is 9.52 Å². The summed E-state index contributed by atoms with van der Waals surface area (Å²) in [6.07, 6.45) is 4.18. The van der Waals surface area contributed by atoms with Crippen LogP contribution in [0, 0.1) is 6.92 Å². The second kappa shape index (κ2) is 10.4. The van der Waals surface area contributed by atoms with E-state index in [0.29, 0.717) is 18.7 Å². The minimum atomic E-state index is 0.117. The van der Waals surface area contributed by atoms with E-state index in [9.17, 15) is 5.11 Å². The van der Waals surface area contributed by atoms with Crippen molar-refractivity contribution in [2.75, 3.05) is 44.7 Å². The summed E-state index contributed by atoms with van der Waals surface area (Å²) in [5.74, 6) is 0.760. The van der Waals surface area contributed by atoms with Gasteiger partial charge in [-0.2, -0.15) is 5.10 Å². The molecule has 0 unspecified atom stereocenters. The van der Waals surface area contributed by atoms with Crippen molar-refractivity contribution in [3.63, 3.8) is 0 Å². The first-order valence-corrected chi connectivity index (χ1v) is 13.1. The molecule has 1 fully saturated rings. The summed E-state index contributed by atoms with van der Waals surface area (Å²) in [6, 6.07) is 18.9. The number of likely N-dealkylation sites (N-methyl/N-ethyl adjacent to an activating group) is 1. The van der Waals surface area contributed by atoms with Gasteiger partial charge in [-0.05, 0) is 50.7 Å². The van der Waals surface area contributed by atoms with Crippen LogP contribution in [0.5, 0.6) is 0 Å². The van der Waals surface area contributed by atoms with Gasteiger partial charge in [0.25, 0.3) is 0 Å². The van der Waals surface area contributed by atoms with Crippen molar-refractivity contribution in [3.05, 3.63) is 72.7 Å². The Balaban J connectivity index is 1.37. The predicted octanol–water partition coefficient (Wildman–Crippen LogP) is 4.86. The Kier molecular flexibility index (Phi) is 6.66. The molecule has 8 heteroatoms. The molecule has 1 aliphatic rings. The van der Waals surface area contributed by atoms with E-state index in [1.165, 1.54) is 11.3 Å². The Hall–Kier alpha value is -4.01. The summed E-state index contributed by atoms with van der Waals surface area (Å²) in [7, 11) is 2.17. The molecule has 0 radical (unpaired) electrons. The highest BCUT2D eigenvalue weighted by atomic mass is 16.3. The average Bonchev–Trinajstić information content (AvgIpc) is 3.58. The molecule has 8 nitrogen and oxygen atoms in total. The minimum Gasteiger partial charge on any atom is -0.438 e. The van der Waals surface area contributed by atoms with Gasteiger partial charge in [-0.25, -0.2) is 9.97 Å². The third kappa shape index (κ3) is 4.80. The van der Waals surface area contributed by atoms with E-state index in [0.717, 1.165) is 65.4 Å². The average molecular weight is 509 g/mol. The lowest BCUT2D eigenvalue weighted by Crippen LogP contribution is -2.44. The van der Waals surface area contributed by atoms with Crippen molar-refractivity contribution in [2.24, 2.45) is 0 Å². The number of aliphatic hydroxyl groups is 1. The highest BCUT2D eigenvalue weighted by Gasteiger charge is 2.20. The number of rotatable bonds is 7. The summed E-state index contributed by atoms with van der Waals surface area (Å²) < 4.78 is 8.10. The van der Waals surface area contributed by atoms with Crippen LogP contribution in [0.2, 0.25) is 0 Å². The van der Waals surface area contributed by atoms with Gasteiger partial charge in [-0.3, -0.25) is 4.68 Å². The summed E-state index contributed by atoms with van der Waals surface area (Å²) in [5, 5.41) is 15.1. The molecule has 0 amide bonds. The van der Waals surface area contributed by atoms with E-state index in [1.807, 2.05) is 16.9 Å². The minimum absolute atomic E-state index is 0.117. The maximum atomic E-state index is 9.34. The normalized spacial score (nSPS) is 14.4. The number of aliphatic hydroxyl groups excluding tert-OH is 1. The highest BCUT2D eigenvalue weighted by Crippen LogP contribution is 2.37. The van der Waals surface area contributed by atoms with Crippen LogP contribution in [-0.2, 0) is 6.54 Å². The molecule has 1 aliphatic heterocycles. The molecular weight excluding hydrogens is 476 g/mol. The molecule has 6 rings (SSSR count). The number of piperazine rings is 1. The number of hydrogen-bond acceptors (Lipinski definition) is 7. The summed E-state index contributed by atoms with van der Waals surface area (Å²) in [5.41, 5.74) is 7.54. The second-order valence-corrected chi connectivity index (χ2v) is 9.99. The van der Waals surface area contributed by atoms with E-state index < -0.39 is 0 Å². The third-order valence-corrected chi connectivity index (χ3v) is 7.24. The molecule has 0 aliphatic carbocycles. The topological polar surface area (TPSA) is 83.4 Å². The first kappa shape index (κ1) is 24.3. The number of anilines is 1. The van der Waals surface area contributed by atoms with Crippen LogP contribution in [0.4, 0.5) is 5.69 Å². The second-order valence-electron chi connectivity index (χ2n) is 9.99. The smallest absolute Gasteiger partial charge is 0.230 e. The molecule has 4 heterocycles. The van der Waals surface area contributed by atoms with Crippen molar-refractivity contribution in [3.8, 4) is 33.8 Å². The number of fused-ring (bicyclic) bond motifs is 1. The van der Waals surface area contributed by atoms with Gasteiger partial charge in [-0.15, -0.1) is 0 Å². The molecule has 38 heavy (non-hydrogen) atoms. The Morgan fingerprint density at radius 3 is 2.37 bits per heavy atom. The van der Waals surface area contributed by atoms with Crippen LogP contribution in [-0.4, -0.2) is 69.6 Å². The molecule has 0 spiro atoms. The van der Waals surface area contributed by atoms with Gasteiger partial charge in [0.15, 0.2) is 0 Å². The predicted molar refractivity (Wildman–Crippen MR) is 150 cm³/mol. The van der Waals surface area contributed by atoms with Gasteiger partial charge in [0.1, 0.15) is 17.8 Å². The quantitative estimate of drug-likeness (QED) is 0.336. The zero-order chi connectivity index (χ0) is 26.1.